The van der Waals surface area contributed by atoms with Gasteiger partial charge in [-0.15, -0.1) is 11.3 Å². The third kappa shape index (κ3) is 1.49. The van der Waals surface area contributed by atoms with E-state index in [1.807, 2.05) is 11.3 Å². The maximum Gasteiger partial charge on any atom is 0.0387 e. The first-order valence-electron chi connectivity index (χ1n) is 5.97. The van der Waals surface area contributed by atoms with Crippen molar-refractivity contribution in [2.24, 2.45) is 0 Å². The van der Waals surface area contributed by atoms with Gasteiger partial charge in [0.25, 0.3) is 0 Å². The van der Waals surface area contributed by atoms with Crippen LogP contribution in [0.1, 0.15) is 22.3 Å². The van der Waals surface area contributed by atoms with Crippen molar-refractivity contribution in [3.05, 3.63) is 46.5 Å². The lowest BCUT2D eigenvalue weighted by atomic mass is 10.0. The number of aryl methyl sites for hydroxylation is 4. The van der Waals surface area contributed by atoms with Crippen molar-refractivity contribution in [1.29, 1.82) is 0 Å². The zero-order valence-electron chi connectivity index (χ0n) is 10.7. The van der Waals surface area contributed by atoms with E-state index in [9.17, 15) is 0 Å². The van der Waals surface area contributed by atoms with Crippen LogP contribution in [0.2, 0.25) is 0 Å². The van der Waals surface area contributed by atoms with Gasteiger partial charge in [0.05, 0.1) is 0 Å². The Labute approximate surface area is 106 Å². The largest absolute Gasteiger partial charge is 0.135 e. The Kier molecular flexibility index (Phi) is 2.27. The molecule has 17 heavy (non-hydrogen) atoms. The van der Waals surface area contributed by atoms with Gasteiger partial charge in [0, 0.05) is 20.2 Å². The van der Waals surface area contributed by atoms with Gasteiger partial charge in [0.1, 0.15) is 0 Å². The molecule has 0 aliphatic heterocycles. The molecule has 86 valence electrons. The molecule has 0 spiro atoms. The normalized spacial score (nSPS) is 11.5. The van der Waals surface area contributed by atoms with E-state index in [-0.39, 0.29) is 0 Å². The van der Waals surface area contributed by atoms with Gasteiger partial charge >= 0.3 is 0 Å². The molecule has 0 nitrogen and oxygen atoms in total. The summed E-state index contributed by atoms with van der Waals surface area (Å²) in [6, 6.07) is 9.10. The highest BCUT2D eigenvalue weighted by atomic mass is 32.1. The Morgan fingerprint density at radius 1 is 0.765 bits per heavy atom. The Morgan fingerprint density at radius 3 is 2.29 bits per heavy atom. The van der Waals surface area contributed by atoms with Crippen molar-refractivity contribution in [2.45, 2.75) is 27.7 Å². The quantitative estimate of drug-likeness (QED) is 0.501. The molecule has 2 aromatic carbocycles. The third-order valence-electron chi connectivity index (χ3n) is 3.59. The molecule has 0 N–H and O–H groups in total. The second-order valence-electron chi connectivity index (χ2n) is 4.94. The van der Waals surface area contributed by atoms with Gasteiger partial charge in [-0.25, -0.2) is 0 Å². The highest BCUT2D eigenvalue weighted by Gasteiger charge is 2.10. The molecular formula is C16H16S. The topological polar surface area (TPSA) is 0 Å². The highest BCUT2D eigenvalue weighted by Crippen LogP contribution is 2.38. The third-order valence-corrected chi connectivity index (χ3v) is 5.07. The zero-order chi connectivity index (χ0) is 12.2. The number of rotatable bonds is 0. The monoisotopic (exact) mass is 240 g/mol. The van der Waals surface area contributed by atoms with Gasteiger partial charge in [0.15, 0.2) is 0 Å². The summed E-state index contributed by atoms with van der Waals surface area (Å²) in [5.74, 6) is 0. The number of hydrogen-bond donors (Lipinski definition) is 0. The summed E-state index contributed by atoms with van der Waals surface area (Å²) in [4.78, 5) is 0. The maximum atomic E-state index is 2.32. The van der Waals surface area contributed by atoms with E-state index in [0.717, 1.165) is 0 Å². The lowest BCUT2D eigenvalue weighted by molar-refractivity contribution is 1.39. The van der Waals surface area contributed by atoms with Crippen LogP contribution in [0.5, 0.6) is 0 Å². The Morgan fingerprint density at radius 2 is 1.53 bits per heavy atom. The fraction of sp³-hybridized carbons (Fsp3) is 0.250. The molecule has 3 rings (SSSR count). The van der Waals surface area contributed by atoms with Crippen molar-refractivity contribution in [3.8, 4) is 0 Å². The number of thiophene rings is 1. The van der Waals surface area contributed by atoms with Crippen LogP contribution in [0, 0.1) is 27.7 Å². The number of fused-ring (bicyclic) bond motifs is 3. The maximum absolute atomic E-state index is 2.32. The molecule has 0 saturated carbocycles. The Balaban J connectivity index is 2.59. The van der Waals surface area contributed by atoms with Gasteiger partial charge in [0.2, 0.25) is 0 Å². The standard InChI is InChI=1S/C16H16S/c1-9-7-11(3)15-14(8-9)13-6-5-10(2)12(4)16(13)17-15/h5-8H,1-4H3. The van der Waals surface area contributed by atoms with Crippen molar-refractivity contribution >= 4 is 31.5 Å². The minimum atomic E-state index is 1.35. The van der Waals surface area contributed by atoms with Crippen LogP contribution in [-0.2, 0) is 0 Å². The molecule has 0 atom stereocenters. The van der Waals surface area contributed by atoms with Gasteiger partial charge in [-0.2, -0.15) is 0 Å². The van der Waals surface area contributed by atoms with Gasteiger partial charge in [-0.1, -0.05) is 23.8 Å². The molecule has 0 aliphatic carbocycles. The Bertz CT molecular complexity index is 732. The van der Waals surface area contributed by atoms with E-state index in [0.29, 0.717) is 0 Å². The summed E-state index contributed by atoms with van der Waals surface area (Å²) in [5.41, 5.74) is 5.57. The van der Waals surface area contributed by atoms with E-state index in [1.54, 1.807) is 0 Å². The first-order chi connectivity index (χ1) is 8.08. The highest BCUT2D eigenvalue weighted by molar-refractivity contribution is 7.26. The average Bonchev–Trinajstić information content (AvgIpc) is 2.63. The van der Waals surface area contributed by atoms with E-state index >= 15 is 0 Å². The molecule has 0 unspecified atom stereocenters. The first-order valence-corrected chi connectivity index (χ1v) is 6.79. The van der Waals surface area contributed by atoms with Crippen LogP contribution in [0.4, 0.5) is 0 Å². The van der Waals surface area contributed by atoms with Crippen LogP contribution in [0.3, 0.4) is 0 Å². The predicted octanol–water partition coefficient (Wildman–Crippen LogP) is 5.29. The van der Waals surface area contributed by atoms with E-state index in [1.165, 1.54) is 42.4 Å². The van der Waals surface area contributed by atoms with Crippen LogP contribution in [0.15, 0.2) is 24.3 Å². The smallest absolute Gasteiger partial charge is 0.0387 e. The molecule has 0 saturated heterocycles. The number of hydrogen-bond acceptors (Lipinski definition) is 1. The summed E-state index contributed by atoms with van der Waals surface area (Å²) in [6.07, 6.45) is 0. The molecule has 0 bridgehead atoms. The summed E-state index contributed by atoms with van der Waals surface area (Å²) < 4.78 is 2.90. The molecule has 1 heterocycles. The van der Waals surface area contributed by atoms with E-state index in [4.69, 9.17) is 0 Å². The molecule has 0 fully saturated rings. The zero-order valence-corrected chi connectivity index (χ0v) is 11.5. The van der Waals surface area contributed by atoms with Crippen LogP contribution in [0.25, 0.3) is 20.2 Å². The van der Waals surface area contributed by atoms with Crippen molar-refractivity contribution in [2.75, 3.05) is 0 Å². The average molecular weight is 240 g/mol. The molecular weight excluding hydrogens is 224 g/mol. The first kappa shape index (κ1) is 10.8. The molecule has 0 amide bonds. The van der Waals surface area contributed by atoms with Crippen molar-refractivity contribution in [1.82, 2.24) is 0 Å². The second-order valence-corrected chi connectivity index (χ2v) is 5.97. The van der Waals surface area contributed by atoms with Gasteiger partial charge in [-0.3, -0.25) is 0 Å². The molecule has 1 heteroatoms. The van der Waals surface area contributed by atoms with Gasteiger partial charge < -0.3 is 0 Å². The fourth-order valence-electron chi connectivity index (χ4n) is 2.53. The van der Waals surface area contributed by atoms with E-state index < -0.39 is 0 Å². The fourth-order valence-corrected chi connectivity index (χ4v) is 3.83. The Hall–Kier alpha value is -1.34. The molecule has 1 aromatic heterocycles. The lowest BCUT2D eigenvalue weighted by Gasteiger charge is -2.01. The second kappa shape index (κ2) is 3.58. The van der Waals surface area contributed by atoms with Gasteiger partial charge in [-0.05, 0) is 50.5 Å². The SMILES string of the molecule is Cc1cc(C)c2sc3c(C)c(C)ccc3c2c1. The van der Waals surface area contributed by atoms with Crippen LogP contribution < -0.4 is 0 Å². The predicted molar refractivity (Wildman–Crippen MR) is 78.3 cm³/mol. The number of benzene rings is 2. The van der Waals surface area contributed by atoms with Crippen molar-refractivity contribution < 1.29 is 0 Å². The minimum absolute atomic E-state index is 1.35. The van der Waals surface area contributed by atoms with Crippen LogP contribution >= 0.6 is 11.3 Å². The minimum Gasteiger partial charge on any atom is -0.135 e. The summed E-state index contributed by atoms with van der Waals surface area (Å²) in [5, 5.41) is 2.84. The summed E-state index contributed by atoms with van der Waals surface area (Å²) in [7, 11) is 0. The molecule has 0 radical (unpaired) electrons. The lowest BCUT2D eigenvalue weighted by Crippen LogP contribution is -1.79. The molecule has 3 aromatic rings. The molecule has 0 aliphatic rings. The van der Waals surface area contributed by atoms with Crippen LogP contribution in [-0.4, -0.2) is 0 Å². The van der Waals surface area contributed by atoms with Crippen molar-refractivity contribution in [3.63, 3.8) is 0 Å². The summed E-state index contributed by atoms with van der Waals surface area (Å²) in [6.45, 7) is 8.82. The van der Waals surface area contributed by atoms with E-state index in [2.05, 4.69) is 52.0 Å². The summed E-state index contributed by atoms with van der Waals surface area (Å²) >= 11 is 1.94.